The van der Waals surface area contributed by atoms with Crippen LogP contribution >= 0.6 is 27.3 Å². The number of benzene rings is 1. The van der Waals surface area contributed by atoms with Crippen LogP contribution in [-0.2, 0) is 6.42 Å². The Balaban J connectivity index is 2.72. The summed E-state index contributed by atoms with van der Waals surface area (Å²) in [7, 11) is 0. The van der Waals surface area contributed by atoms with Crippen LogP contribution < -0.4 is 5.73 Å². The van der Waals surface area contributed by atoms with E-state index in [1.165, 1.54) is 11.3 Å². The predicted octanol–water partition coefficient (Wildman–Crippen LogP) is 4.33. The first kappa shape index (κ1) is 13.1. The molecule has 0 unspecified atom stereocenters. The lowest BCUT2D eigenvalue weighted by atomic mass is 10.1. The highest BCUT2D eigenvalue weighted by molar-refractivity contribution is 9.10. The standard InChI is InChI=1S/C13H10BrFN2S/c1-2-7-12(17)10(6-16)18-13(7)8-4-3-5-9(14)11(8)15/h3-5H,2,17H2,1H3. The molecule has 92 valence electrons. The first-order chi connectivity index (χ1) is 8.60. The normalized spacial score (nSPS) is 10.3. The lowest BCUT2D eigenvalue weighted by Gasteiger charge is -2.05. The molecule has 0 saturated carbocycles. The van der Waals surface area contributed by atoms with Gasteiger partial charge in [0.25, 0.3) is 0 Å². The maximum atomic E-state index is 14.1. The van der Waals surface area contributed by atoms with E-state index in [2.05, 4.69) is 22.0 Å². The van der Waals surface area contributed by atoms with Gasteiger partial charge in [0.05, 0.1) is 10.2 Å². The number of nitrogen functional groups attached to an aromatic ring is 1. The molecule has 2 aromatic rings. The van der Waals surface area contributed by atoms with Crippen molar-refractivity contribution in [3.8, 4) is 16.5 Å². The van der Waals surface area contributed by atoms with E-state index in [1.54, 1.807) is 18.2 Å². The summed E-state index contributed by atoms with van der Waals surface area (Å²) in [4.78, 5) is 1.19. The molecule has 1 aromatic heterocycles. The van der Waals surface area contributed by atoms with E-state index in [0.29, 0.717) is 27.0 Å². The molecule has 0 atom stereocenters. The smallest absolute Gasteiger partial charge is 0.146 e. The number of hydrogen-bond acceptors (Lipinski definition) is 3. The molecular formula is C13H10BrFN2S. The van der Waals surface area contributed by atoms with Gasteiger partial charge < -0.3 is 5.73 Å². The lowest BCUT2D eigenvalue weighted by Crippen LogP contribution is -1.92. The molecule has 0 aliphatic rings. The summed E-state index contributed by atoms with van der Waals surface area (Å²) in [6.45, 7) is 1.94. The summed E-state index contributed by atoms with van der Waals surface area (Å²) in [5, 5.41) is 9.00. The summed E-state index contributed by atoms with van der Waals surface area (Å²) >= 11 is 4.41. The van der Waals surface area contributed by atoms with Crippen molar-refractivity contribution in [3.63, 3.8) is 0 Å². The highest BCUT2D eigenvalue weighted by Crippen LogP contribution is 2.40. The van der Waals surface area contributed by atoms with E-state index in [9.17, 15) is 4.39 Å². The van der Waals surface area contributed by atoms with Crippen LogP contribution in [0.2, 0.25) is 0 Å². The Morgan fingerprint density at radius 2 is 2.22 bits per heavy atom. The number of nitrogens with zero attached hydrogens (tertiary/aromatic N) is 1. The Morgan fingerprint density at radius 3 is 2.83 bits per heavy atom. The van der Waals surface area contributed by atoms with Gasteiger partial charge in [0, 0.05) is 10.4 Å². The molecule has 18 heavy (non-hydrogen) atoms. The number of hydrogen-bond donors (Lipinski definition) is 1. The maximum absolute atomic E-state index is 14.1. The Morgan fingerprint density at radius 1 is 1.50 bits per heavy atom. The zero-order valence-electron chi connectivity index (χ0n) is 9.63. The maximum Gasteiger partial charge on any atom is 0.146 e. The van der Waals surface area contributed by atoms with E-state index >= 15 is 0 Å². The van der Waals surface area contributed by atoms with Crippen LogP contribution in [0.15, 0.2) is 22.7 Å². The van der Waals surface area contributed by atoms with Gasteiger partial charge in [-0.05, 0) is 34.0 Å². The van der Waals surface area contributed by atoms with Crippen molar-refractivity contribution >= 4 is 33.0 Å². The van der Waals surface area contributed by atoms with E-state index in [1.807, 2.05) is 6.92 Å². The van der Waals surface area contributed by atoms with Crippen molar-refractivity contribution in [2.24, 2.45) is 0 Å². The molecule has 0 spiro atoms. The average molecular weight is 325 g/mol. The quantitative estimate of drug-likeness (QED) is 0.893. The molecule has 0 radical (unpaired) electrons. The summed E-state index contributed by atoms with van der Waals surface area (Å²) in [5.41, 5.74) is 7.70. The van der Waals surface area contributed by atoms with E-state index in [4.69, 9.17) is 11.0 Å². The largest absolute Gasteiger partial charge is 0.397 e. The number of halogens is 2. The summed E-state index contributed by atoms with van der Waals surface area (Å²) in [6, 6.07) is 7.17. The molecule has 0 aliphatic heterocycles. The molecule has 0 bridgehead atoms. The van der Waals surface area contributed by atoms with Gasteiger partial charge in [-0.1, -0.05) is 19.1 Å². The van der Waals surface area contributed by atoms with Crippen molar-refractivity contribution in [1.29, 1.82) is 5.26 Å². The molecule has 2 nitrogen and oxygen atoms in total. The van der Waals surface area contributed by atoms with Gasteiger partial charge in [-0.2, -0.15) is 5.26 Å². The zero-order valence-corrected chi connectivity index (χ0v) is 12.0. The number of rotatable bonds is 2. The number of thiophene rings is 1. The minimum atomic E-state index is -0.321. The predicted molar refractivity (Wildman–Crippen MR) is 75.9 cm³/mol. The molecule has 5 heteroatoms. The third kappa shape index (κ3) is 2.02. The second-order valence-electron chi connectivity index (χ2n) is 3.72. The minimum Gasteiger partial charge on any atom is -0.397 e. The molecule has 2 N–H and O–H groups in total. The topological polar surface area (TPSA) is 49.8 Å². The summed E-state index contributed by atoms with van der Waals surface area (Å²) in [6.07, 6.45) is 0.672. The molecule has 0 aliphatic carbocycles. The van der Waals surface area contributed by atoms with Crippen molar-refractivity contribution in [1.82, 2.24) is 0 Å². The van der Waals surface area contributed by atoms with Gasteiger partial charge in [-0.15, -0.1) is 11.3 Å². The van der Waals surface area contributed by atoms with Gasteiger partial charge in [0.1, 0.15) is 16.8 Å². The fraction of sp³-hybridized carbons (Fsp3) is 0.154. The molecule has 0 fully saturated rings. The van der Waals surface area contributed by atoms with Crippen molar-refractivity contribution < 1.29 is 4.39 Å². The second kappa shape index (κ2) is 5.09. The van der Waals surface area contributed by atoms with E-state index in [-0.39, 0.29) is 5.82 Å². The molecule has 1 heterocycles. The minimum absolute atomic E-state index is 0.321. The van der Waals surface area contributed by atoms with Gasteiger partial charge in [0.2, 0.25) is 0 Å². The first-order valence-corrected chi connectivity index (χ1v) is 6.96. The van der Waals surface area contributed by atoms with Gasteiger partial charge in [-0.3, -0.25) is 0 Å². The molecule has 1 aromatic carbocycles. The fourth-order valence-electron chi connectivity index (χ4n) is 1.81. The monoisotopic (exact) mass is 324 g/mol. The van der Waals surface area contributed by atoms with Crippen molar-refractivity contribution in [2.45, 2.75) is 13.3 Å². The van der Waals surface area contributed by atoms with Gasteiger partial charge in [0.15, 0.2) is 0 Å². The van der Waals surface area contributed by atoms with E-state index in [0.717, 1.165) is 10.4 Å². The third-order valence-corrected chi connectivity index (χ3v) is 4.50. The Kier molecular flexibility index (Phi) is 3.69. The molecule has 0 saturated heterocycles. The van der Waals surface area contributed by atoms with Crippen LogP contribution in [0.1, 0.15) is 17.4 Å². The van der Waals surface area contributed by atoms with Crippen LogP contribution in [-0.4, -0.2) is 0 Å². The van der Waals surface area contributed by atoms with Crippen molar-refractivity contribution in [3.05, 3.63) is 38.9 Å². The van der Waals surface area contributed by atoms with Crippen LogP contribution in [0.5, 0.6) is 0 Å². The molecule has 0 amide bonds. The van der Waals surface area contributed by atoms with Crippen LogP contribution in [0.3, 0.4) is 0 Å². The van der Waals surface area contributed by atoms with Crippen molar-refractivity contribution in [2.75, 3.05) is 5.73 Å². The lowest BCUT2D eigenvalue weighted by molar-refractivity contribution is 0.625. The zero-order chi connectivity index (χ0) is 13.3. The van der Waals surface area contributed by atoms with Crippen LogP contribution in [0.4, 0.5) is 10.1 Å². The van der Waals surface area contributed by atoms with Gasteiger partial charge >= 0.3 is 0 Å². The number of nitriles is 1. The first-order valence-electron chi connectivity index (χ1n) is 5.35. The molecular weight excluding hydrogens is 315 g/mol. The highest BCUT2D eigenvalue weighted by atomic mass is 79.9. The third-order valence-electron chi connectivity index (χ3n) is 2.70. The number of anilines is 1. The van der Waals surface area contributed by atoms with Gasteiger partial charge in [-0.25, -0.2) is 4.39 Å². The highest BCUT2D eigenvalue weighted by Gasteiger charge is 2.19. The summed E-state index contributed by atoms with van der Waals surface area (Å²) in [5.74, 6) is -0.321. The Labute approximate surface area is 117 Å². The average Bonchev–Trinajstić information content (AvgIpc) is 2.69. The molecule has 2 rings (SSSR count). The fourth-order valence-corrected chi connectivity index (χ4v) is 3.30. The Hall–Kier alpha value is -1.38. The summed E-state index contributed by atoms with van der Waals surface area (Å²) < 4.78 is 14.5. The Bertz CT molecular complexity index is 643. The van der Waals surface area contributed by atoms with Crippen LogP contribution in [0.25, 0.3) is 10.4 Å². The van der Waals surface area contributed by atoms with E-state index < -0.39 is 0 Å². The van der Waals surface area contributed by atoms with Crippen LogP contribution in [0, 0.1) is 17.1 Å². The number of nitrogens with two attached hydrogens (primary N) is 1. The second-order valence-corrected chi connectivity index (χ2v) is 5.59. The SMILES string of the molecule is CCc1c(-c2cccc(Br)c2F)sc(C#N)c1N.